The number of benzene rings is 1. The van der Waals surface area contributed by atoms with Crippen molar-refractivity contribution in [3.8, 4) is 0 Å². The third-order valence-corrected chi connectivity index (χ3v) is 5.01. The van der Waals surface area contributed by atoms with Crippen LogP contribution in [0.2, 0.25) is 0 Å². The first-order valence-electron chi connectivity index (χ1n) is 9.52. The SMILES string of the molecule is CCCCCc1c(C)nn(C(=O)c2ccc(NC(=O)C3CC3)cc2)c1C. The molecule has 3 rings (SSSR count). The Morgan fingerprint density at radius 3 is 2.46 bits per heavy atom. The summed E-state index contributed by atoms with van der Waals surface area (Å²) in [6.45, 7) is 6.11. The molecule has 0 atom stereocenters. The molecule has 5 heteroatoms. The van der Waals surface area contributed by atoms with Crippen LogP contribution in [0.3, 0.4) is 0 Å². The zero-order valence-electron chi connectivity index (χ0n) is 15.8. The van der Waals surface area contributed by atoms with Gasteiger partial charge in [-0.25, -0.2) is 4.68 Å². The number of anilines is 1. The third kappa shape index (κ3) is 4.03. The first-order valence-corrected chi connectivity index (χ1v) is 9.52. The molecule has 0 bridgehead atoms. The van der Waals surface area contributed by atoms with E-state index in [1.54, 1.807) is 24.3 Å². The molecular weight excluding hydrogens is 326 g/mol. The van der Waals surface area contributed by atoms with Gasteiger partial charge in [0.15, 0.2) is 0 Å². The van der Waals surface area contributed by atoms with Gasteiger partial charge in [-0.3, -0.25) is 9.59 Å². The number of carbonyl (C=O) groups excluding carboxylic acids is 2. The smallest absolute Gasteiger partial charge is 0.278 e. The van der Waals surface area contributed by atoms with Crippen molar-refractivity contribution < 1.29 is 9.59 Å². The summed E-state index contributed by atoms with van der Waals surface area (Å²) in [6.07, 6.45) is 6.39. The quantitative estimate of drug-likeness (QED) is 0.756. The van der Waals surface area contributed by atoms with E-state index in [1.807, 2.05) is 13.8 Å². The zero-order chi connectivity index (χ0) is 18.7. The van der Waals surface area contributed by atoms with Gasteiger partial charge in [-0.15, -0.1) is 0 Å². The fourth-order valence-electron chi connectivity index (χ4n) is 3.19. The van der Waals surface area contributed by atoms with E-state index in [-0.39, 0.29) is 17.7 Å². The monoisotopic (exact) mass is 353 g/mol. The highest BCUT2D eigenvalue weighted by atomic mass is 16.2. The van der Waals surface area contributed by atoms with Crippen molar-refractivity contribution in [1.82, 2.24) is 9.78 Å². The largest absolute Gasteiger partial charge is 0.326 e. The normalized spacial score (nSPS) is 13.7. The molecule has 0 aliphatic heterocycles. The Morgan fingerprint density at radius 2 is 1.85 bits per heavy atom. The zero-order valence-corrected chi connectivity index (χ0v) is 15.8. The summed E-state index contributed by atoms with van der Waals surface area (Å²) in [5.74, 6) is 0.101. The van der Waals surface area contributed by atoms with Crippen molar-refractivity contribution >= 4 is 17.5 Å². The predicted molar refractivity (Wildman–Crippen MR) is 102 cm³/mol. The number of aryl methyl sites for hydroxylation is 1. The lowest BCUT2D eigenvalue weighted by molar-refractivity contribution is -0.117. The van der Waals surface area contributed by atoms with Gasteiger partial charge in [-0.2, -0.15) is 5.10 Å². The van der Waals surface area contributed by atoms with Gasteiger partial charge < -0.3 is 5.32 Å². The number of nitrogens with one attached hydrogen (secondary N) is 1. The molecule has 1 saturated carbocycles. The fourth-order valence-corrected chi connectivity index (χ4v) is 3.19. The number of rotatable bonds is 7. The van der Waals surface area contributed by atoms with Gasteiger partial charge in [0.05, 0.1) is 5.69 Å². The maximum Gasteiger partial charge on any atom is 0.278 e. The van der Waals surface area contributed by atoms with E-state index in [9.17, 15) is 9.59 Å². The van der Waals surface area contributed by atoms with Crippen molar-refractivity contribution in [3.05, 3.63) is 46.8 Å². The van der Waals surface area contributed by atoms with E-state index in [2.05, 4.69) is 17.3 Å². The fraction of sp³-hybridized carbons (Fsp3) is 0.476. The highest BCUT2D eigenvalue weighted by molar-refractivity contribution is 5.97. The average Bonchev–Trinajstić information content (AvgIpc) is 3.44. The molecule has 26 heavy (non-hydrogen) atoms. The first-order chi connectivity index (χ1) is 12.5. The number of unbranched alkanes of at least 4 members (excludes halogenated alkanes) is 2. The van der Waals surface area contributed by atoms with Crippen molar-refractivity contribution in [2.75, 3.05) is 5.32 Å². The summed E-state index contributed by atoms with van der Waals surface area (Å²) in [5.41, 5.74) is 4.34. The molecule has 1 aromatic heterocycles. The van der Waals surface area contributed by atoms with Crippen LogP contribution in [0.25, 0.3) is 0 Å². The number of hydrogen-bond acceptors (Lipinski definition) is 3. The Kier molecular flexibility index (Phi) is 5.55. The number of carbonyl (C=O) groups is 2. The Bertz CT molecular complexity index is 801. The van der Waals surface area contributed by atoms with E-state index >= 15 is 0 Å². The molecule has 1 heterocycles. The lowest BCUT2D eigenvalue weighted by Gasteiger charge is -2.07. The molecule has 5 nitrogen and oxygen atoms in total. The van der Waals surface area contributed by atoms with Crippen molar-refractivity contribution in [1.29, 1.82) is 0 Å². The van der Waals surface area contributed by atoms with Crippen LogP contribution in [0.5, 0.6) is 0 Å². The molecule has 1 aromatic carbocycles. The van der Waals surface area contributed by atoms with Crippen molar-refractivity contribution in [2.45, 2.75) is 59.3 Å². The molecule has 0 saturated heterocycles. The van der Waals surface area contributed by atoms with Gasteiger partial charge in [-0.1, -0.05) is 19.8 Å². The minimum absolute atomic E-state index is 0.0688. The highest BCUT2D eigenvalue weighted by Gasteiger charge is 2.29. The molecule has 138 valence electrons. The Balaban J connectivity index is 1.72. The number of aromatic nitrogens is 2. The summed E-state index contributed by atoms with van der Waals surface area (Å²) in [4.78, 5) is 24.6. The molecule has 1 aliphatic carbocycles. The lowest BCUT2D eigenvalue weighted by atomic mass is 10.1. The number of amides is 1. The topological polar surface area (TPSA) is 64.0 Å². The summed E-state index contributed by atoms with van der Waals surface area (Å²) < 4.78 is 1.51. The van der Waals surface area contributed by atoms with Gasteiger partial charge >= 0.3 is 0 Å². The van der Waals surface area contributed by atoms with E-state index in [4.69, 9.17) is 0 Å². The third-order valence-electron chi connectivity index (χ3n) is 5.01. The summed E-state index contributed by atoms with van der Waals surface area (Å²) in [5, 5.41) is 7.36. The molecule has 0 spiro atoms. The van der Waals surface area contributed by atoms with Gasteiger partial charge in [0, 0.05) is 22.9 Å². The van der Waals surface area contributed by atoms with Crippen LogP contribution in [0, 0.1) is 19.8 Å². The van der Waals surface area contributed by atoms with Crippen LogP contribution < -0.4 is 5.32 Å². The molecule has 1 fully saturated rings. The highest BCUT2D eigenvalue weighted by Crippen LogP contribution is 2.30. The Labute approximate surface area is 154 Å². The molecule has 0 radical (unpaired) electrons. The maximum atomic E-state index is 12.8. The van der Waals surface area contributed by atoms with Crippen molar-refractivity contribution in [2.24, 2.45) is 5.92 Å². The molecule has 0 unspecified atom stereocenters. The molecule has 1 aliphatic rings. The minimum atomic E-state index is -0.132. The summed E-state index contributed by atoms with van der Waals surface area (Å²) in [7, 11) is 0. The Hall–Kier alpha value is -2.43. The number of hydrogen-bond donors (Lipinski definition) is 1. The Morgan fingerprint density at radius 1 is 1.15 bits per heavy atom. The van der Waals surface area contributed by atoms with Crippen LogP contribution in [0.1, 0.15) is 66.3 Å². The summed E-state index contributed by atoms with van der Waals surface area (Å²) in [6, 6.07) is 7.05. The first kappa shape index (κ1) is 18.4. The van der Waals surface area contributed by atoms with E-state index in [1.165, 1.54) is 23.1 Å². The molecule has 1 amide bonds. The van der Waals surface area contributed by atoms with Crippen LogP contribution in [0.4, 0.5) is 5.69 Å². The second-order valence-corrected chi connectivity index (χ2v) is 7.16. The van der Waals surface area contributed by atoms with Gasteiger partial charge in [-0.05, 0) is 69.4 Å². The average molecular weight is 353 g/mol. The van der Waals surface area contributed by atoms with Crippen LogP contribution in [0.15, 0.2) is 24.3 Å². The second-order valence-electron chi connectivity index (χ2n) is 7.16. The van der Waals surface area contributed by atoms with Crippen LogP contribution in [-0.2, 0) is 11.2 Å². The van der Waals surface area contributed by atoms with E-state index < -0.39 is 0 Å². The minimum Gasteiger partial charge on any atom is -0.326 e. The molecular formula is C21H27N3O2. The van der Waals surface area contributed by atoms with E-state index in [0.29, 0.717) is 5.56 Å². The van der Waals surface area contributed by atoms with Gasteiger partial charge in [0.1, 0.15) is 0 Å². The molecule has 2 aromatic rings. The summed E-state index contributed by atoms with van der Waals surface area (Å²) >= 11 is 0. The van der Waals surface area contributed by atoms with E-state index in [0.717, 1.165) is 42.8 Å². The van der Waals surface area contributed by atoms with Crippen LogP contribution >= 0.6 is 0 Å². The standard InChI is InChI=1S/C21H27N3O2/c1-4-5-6-7-19-14(2)23-24(15(19)3)21(26)17-10-12-18(13-11-17)22-20(25)16-8-9-16/h10-13,16H,4-9H2,1-3H3,(H,22,25). The molecule has 1 N–H and O–H groups in total. The van der Waals surface area contributed by atoms with Crippen molar-refractivity contribution in [3.63, 3.8) is 0 Å². The number of nitrogens with zero attached hydrogens (tertiary/aromatic N) is 2. The second kappa shape index (κ2) is 7.85. The van der Waals surface area contributed by atoms with Gasteiger partial charge in [0.2, 0.25) is 5.91 Å². The van der Waals surface area contributed by atoms with Gasteiger partial charge in [0.25, 0.3) is 5.91 Å². The van der Waals surface area contributed by atoms with Crippen LogP contribution in [-0.4, -0.2) is 21.6 Å². The lowest BCUT2D eigenvalue weighted by Crippen LogP contribution is -2.16. The predicted octanol–water partition coefficient (Wildman–Crippen LogP) is 4.27. The maximum absolute atomic E-state index is 12.8.